The van der Waals surface area contributed by atoms with Gasteiger partial charge in [0.2, 0.25) is 10.0 Å². The van der Waals surface area contributed by atoms with Gasteiger partial charge in [0, 0.05) is 22.9 Å². The third-order valence-corrected chi connectivity index (χ3v) is 6.57. The molecular weight excluding hydrogens is 451 g/mol. The van der Waals surface area contributed by atoms with Crippen molar-refractivity contribution in [2.45, 2.75) is 27.9 Å². The summed E-state index contributed by atoms with van der Waals surface area (Å²) in [5.74, 6) is 0.196. The van der Waals surface area contributed by atoms with Crippen molar-refractivity contribution < 1.29 is 26.3 Å². The summed E-state index contributed by atoms with van der Waals surface area (Å²) in [4.78, 5) is 9.06. The van der Waals surface area contributed by atoms with Crippen LogP contribution in [0.2, 0.25) is 0 Å². The van der Waals surface area contributed by atoms with E-state index >= 15 is 0 Å². The van der Waals surface area contributed by atoms with Crippen molar-refractivity contribution >= 4 is 21.8 Å². The molecule has 0 saturated heterocycles. The normalized spacial score (nSPS) is 12.0. The van der Waals surface area contributed by atoms with Gasteiger partial charge in [-0.25, -0.2) is 18.1 Å². The molecule has 0 radical (unpaired) electrons. The van der Waals surface area contributed by atoms with Gasteiger partial charge in [0.05, 0.1) is 12.2 Å². The molecule has 11 heteroatoms. The topological polar surface area (TPSA) is 81.2 Å². The third-order valence-electron chi connectivity index (χ3n) is 4.14. The summed E-state index contributed by atoms with van der Waals surface area (Å²) in [6, 6.07) is 9.30. The first-order valence-corrected chi connectivity index (χ1v) is 11.3. The highest BCUT2D eigenvalue weighted by molar-refractivity contribution is 7.99. The minimum Gasteiger partial charge on any atom is -0.492 e. The Kier molecular flexibility index (Phi) is 6.87. The lowest BCUT2D eigenvalue weighted by Crippen LogP contribution is -2.19. The van der Waals surface area contributed by atoms with Gasteiger partial charge < -0.3 is 4.74 Å². The van der Waals surface area contributed by atoms with Crippen LogP contribution in [0.25, 0.3) is 11.3 Å². The van der Waals surface area contributed by atoms with Crippen LogP contribution in [0, 0.1) is 0 Å². The zero-order chi connectivity index (χ0) is 22.6. The molecule has 6 nitrogen and oxygen atoms in total. The monoisotopic (exact) mass is 469 g/mol. The van der Waals surface area contributed by atoms with Crippen molar-refractivity contribution in [2.75, 3.05) is 13.7 Å². The Balaban J connectivity index is 2.01. The third kappa shape index (κ3) is 5.35. The number of hydrogen-bond donors (Lipinski definition) is 1. The smallest absolute Gasteiger partial charge is 0.416 e. The maximum atomic E-state index is 12.8. The lowest BCUT2D eigenvalue weighted by molar-refractivity contribution is -0.137. The number of ether oxygens (including phenoxy) is 1. The van der Waals surface area contributed by atoms with Crippen molar-refractivity contribution in [3.63, 3.8) is 0 Å². The Morgan fingerprint density at radius 2 is 1.74 bits per heavy atom. The van der Waals surface area contributed by atoms with Crippen molar-refractivity contribution in [3.05, 3.63) is 60.4 Å². The summed E-state index contributed by atoms with van der Waals surface area (Å²) in [5.41, 5.74) is 0.118. The van der Waals surface area contributed by atoms with Gasteiger partial charge in [0.15, 0.2) is 0 Å². The summed E-state index contributed by atoms with van der Waals surface area (Å²) in [6.45, 7) is 2.02. The highest BCUT2D eigenvalue weighted by Crippen LogP contribution is 2.37. The summed E-state index contributed by atoms with van der Waals surface area (Å²) in [5, 5.41) is 0.416. The van der Waals surface area contributed by atoms with Gasteiger partial charge in [-0.3, -0.25) is 4.98 Å². The molecule has 0 unspecified atom stereocenters. The van der Waals surface area contributed by atoms with Crippen LogP contribution in [0.4, 0.5) is 13.2 Å². The largest absolute Gasteiger partial charge is 0.492 e. The van der Waals surface area contributed by atoms with Crippen LogP contribution in [-0.2, 0) is 16.2 Å². The van der Waals surface area contributed by atoms with E-state index in [9.17, 15) is 21.6 Å². The van der Waals surface area contributed by atoms with Crippen molar-refractivity contribution in [3.8, 4) is 17.0 Å². The molecule has 3 rings (SSSR count). The molecule has 0 amide bonds. The number of aromatic nitrogens is 2. The second-order valence-corrected chi connectivity index (χ2v) is 9.05. The Bertz CT molecular complexity index is 1170. The predicted octanol–water partition coefficient (Wildman–Crippen LogP) is 4.62. The number of alkyl halides is 3. The number of rotatable bonds is 7. The molecule has 0 aliphatic rings. The van der Waals surface area contributed by atoms with E-state index in [1.165, 1.54) is 43.7 Å². The van der Waals surface area contributed by atoms with Gasteiger partial charge in [0.1, 0.15) is 21.4 Å². The maximum absolute atomic E-state index is 12.8. The molecule has 0 saturated carbocycles. The second-order valence-electron chi connectivity index (χ2n) is 6.14. The van der Waals surface area contributed by atoms with E-state index in [-0.39, 0.29) is 17.3 Å². The molecule has 164 valence electrons. The van der Waals surface area contributed by atoms with Crippen molar-refractivity contribution in [2.24, 2.45) is 0 Å². The van der Waals surface area contributed by atoms with E-state index in [0.717, 1.165) is 23.9 Å². The molecule has 1 heterocycles. The standard InChI is InChI=1S/C20H18F3N3O3S2/c1-3-29-16-9-4-13(12-17(16)31(27,28)24-2)18-19(26-11-10-25-18)30-15-7-5-14(6-8-15)20(21,22)23/h4-12,24H,3H2,1-2H3. The molecular formula is C20H18F3N3O3S2. The molecule has 0 spiro atoms. The number of nitrogens with zero attached hydrogens (tertiary/aromatic N) is 2. The van der Waals surface area contributed by atoms with Gasteiger partial charge in [-0.05, 0) is 56.4 Å². The Labute approximate surface area is 181 Å². The average Bonchev–Trinajstić information content (AvgIpc) is 2.74. The first-order chi connectivity index (χ1) is 14.7. The summed E-state index contributed by atoms with van der Waals surface area (Å²) >= 11 is 1.12. The molecule has 1 N–H and O–H groups in total. The molecule has 0 atom stereocenters. The minimum atomic E-state index is -4.42. The van der Waals surface area contributed by atoms with Gasteiger partial charge in [-0.1, -0.05) is 11.8 Å². The molecule has 1 aromatic heterocycles. The van der Waals surface area contributed by atoms with E-state index in [2.05, 4.69) is 14.7 Å². The Morgan fingerprint density at radius 3 is 2.35 bits per heavy atom. The molecule has 3 aromatic rings. The Morgan fingerprint density at radius 1 is 1.06 bits per heavy atom. The van der Waals surface area contributed by atoms with E-state index < -0.39 is 21.8 Å². The minimum absolute atomic E-state index is 0.0505. The Hall–Kier alpha value is -2.63. The lowest BCUT2D eigenvalue weighted by Gasteiger charge is -2.13. The summed E-state index contributed by atoms with van der Waals surface area (Å²) in [7, 11) is -2.51. The number of halogens is 3. The zero-order valence-corrected chi connectivity index (χ0v) is 18.1. The van der Waals surface area contributed by atoms with E-state index in [0.29, 0.717) is 21.2 Å². The van der Waals surface area contributed by atoms with E-state index in [1.54, 1.807) is 13.0 Å². The lowest BCUT2D eigenvalue weighted by atomic mass is 10.1. The van der Waals surface area contributed by atoms with Gasteiger partial charge in [-0.15, -0.1) is 0 Å². The van der Waals surface area contributed by atoms with Gasteiger partial charge >= 0.3 is 6.18 Å². The van der Waals surface area contributed by atoms with Crippen LogP contribution in [0.15, 0.2) is 69.7 Å². The number of hydrogen-bond acceptors (Lipinski definition) is 6. The van der Waals surface area contributed by atoms with Crippen LogP contribution in [0.1, 0.15) is 12.5 Å². The predicted molar refractivity (Wildman–Crippen MR) is 110 cm³/mol. The highest BCUT2D eigenvalue weighted by Gasteiger charge is 2.30. The van der Waals surface area contributed by atoms with Crippen LogP contribution in [0.3, 0.4) is 0 Å². The second kappa shape index (κ2) is 9.25. The number of sulfonamides is 1. The van der Waals surface area contributed by atoms with Gasteiger partial charge in [0.25, 0.3) is 0 Å². The molecule has 31 heavy (non-hydrogen) atoms. The molecule has 0 fully saturated rings. The summed E-state index contributed by atoms with van der Waals surface area (Å²) in [6.07, 6.45) is -1.51. The fourth-order valence-corrected chi connectivity index (χ4v) is 4.44. The van der Waals surface area contributed by atoms with Crippen LogP contribution in [0.5, 0.6) is 5.75 Å². The maximum Gasteiger partial charge on any atom is 0.416 e. The van der Waals surface area contributed by atoms with Crippen LogP contribution in [-0.4, -0.2) is 32.0 Å². The molecule has 0 aliphatic carbocycles. The molecule has 2 aromatic carbocycles. The average molecular weight is 470 g/mol. The molecule has 0 bridgehead atoms. The van der Waals surface area contributed by atoms with Crippen molar-refractivity contribution in [1.29, 1.82) is 0 Å². The van der Waals surface area contributed by atoms with Crippen molar-refractivity contribution in [1.82, 2.24) is 14.7 Å². The highest BCUT2D eigenvalue weighted by atomic mass is 32.2. The first-order valence-electron chi connectivity index (χ1n) is 9.02. The zero-order valence-electron chi connectivity index (χ0n) is 16.5. The first kappa shape index (κ1) is 23.0. The number of benzene rings is 2. The fraction of sp³-hybridized carbons (Fsp3) is 0.200. The quantitative estimate of drug-likeness (QED) is 0.544. The number of nitrogens with one attached hydrogen (secondary N) is 1. The van der Waals surface area contributed by atoms with Crippen LogP contribution >= 0.6 is 11.8 Å². The summed E-state index contributed by atoms with van der Waals surface area (Å²) < 4.78 is 71.0. The van der Waals surface area contributed by atoms with Gasteiger partial charge in [-0.2, -0.15) is 13.2 Å². The van der Waals surface area contributed by atoms with Crippen LogP contribution < -0.4 is 9.46 Å². The SMILES string of the molecule is CCOc1ccc(-c2nccnc2Sc2ccc(C(F)(F)F)cc2)cc1S(=O)(=O)NC. The van der Waals surface area contributed by atoms with E-state index in [4.69, 9.17) is 4.74 Å². The van der Waals surface area contributed by atoms with E-state index in [1.807, 2.05) is 0 Å². The fourth-order valence-electron chi connectivity index (χ4n) is 2.67. The molecule has 0 aliphatic heterocycles.